The summed E-state index contributed by atoms with van der Waals surface area (Å²) < 4.78 is 27.8. The SMILES string of the molecule is NCCc1cc(F)c(Sc2ncccc2Cl)c(F)c1. The lowest BCUT2D eigenvalue weighted by molar-refractivity contribution is 0.537. The van der Waals surface area contributed by atoms with Crippen LogP contribution in [-0.2, 0) is 6.42 Å². The van der Waals surface area contributed by atoms with Crippen LogP contribution < -0.4 is 5.73 Å². The summed E-state index contributed by atoms with van der Waals surface area (Å²) in [6.07, 6.45) is 1.95. The molecule has 0 aliphatic rings. The van der Waals surface area contributed by atoms with Crippen molar-refractivity contribution in [3.63, 3.8) is 0 Å². The van der Waals surface area contributed by atoms with Gasteiger partial charge in [0.2, 0.25) is 0 Å². The number of nitrogens with two attached hydrogens (primary N) is 1. The highest BCUT2D eigenvalue weighted by atomic mass is 35.5. The molecule has 0 unspecified atom stereocenters. The highest BCUT2D eigenvalue weighted by molar-refractivity contribution is 7.99. The third-order valence-corrected chi connectivity index (χ3v) is 3.94. The maximum Gasteiger partial charge on any atom is 0.140 e. The summed E-state index contributed by atoms with van der Waals surface area (Å²) in [7, 11) is 0. The number of benzene rings is 1. The second-order valence-electron chi connectivity index (χ2n) is 3.82. The molecule has 19 heavy (non-hydrogen) atoms. The van der Waals surface area contributed by atoms with Crippen molar-refractivity contribution in [3.8, 4) is 0 Å². The van der Waals surface area contributed by atoms with Gasteiger partial charge in [-0.2, -0.15) is 0 Å². The van der Waals surface area contributed by atoms with Crippen molar-refractivity contribution in [1.29, 1.82) is 0 Å². The molecule has 0 spiro atoms. The fraction of sp³-hybridized carbons (Fsp3) is 0.154. The first-order valence-corrected chi connectivity index (χ1v) is 6.77. The quantitative estimate of drug-likeness (QED) is 0.936. The van der Waals surface area contributed by atoms with Gasteiger partial charge in [-0.1, -0.05) is 23.4 Å². The number of rotatable bonds is 4. The van der Waals surface area contributed by atoms with E-state index < -0.39 is 11.6 Å². The van der Waals surface area contributed by atoms with E-state index in [-0.39, 0.29) is 4.90 Å². The van der Waals surface area contributed by atoms with Crippen molar-refractivity contribution in [1.82, 2.24) is 4.98 Å². The third-order valence-electron chi connectivity index (χ3n) is 2.41. The van der Waals surface area contributed by atoms with E-state index in [1.54, 1.807) is 12.1 Å². The van der Waals surface area contributed by atoms with Crippen molar-refractivity contribution < 1.29 is 8.78 Å². The lowest BCUT2D eigenvalue weighted by atomic mass is 10.1. The molecule has 0 atom stereocenters. The van der Waals surface area contributed by atoms with Crippen LogP contribution in [0.5, 0.6) is 0 Å². The fourth-order valence-corrected chi connectivity index (χ4v) is 2.59. The van der Waals surface area contributed by atoms with Gasteiger partial charge in [-0.3, -0.25) is 0 Å². The maximum absolute atomic E-state index is 13.9. The van der Waals surface area contributed by atoms with Crippen molar-refractivity contribution in [2.24, 2.45) is 5.73 Å². The van der Waals surface area contributed by atoms with Gasteiger partial charge in [-0.05, 0) is 42.8 Å². The molecule has 6 heteroatoms. The van der Waals surface area contributed by atoms with Crippen LogP contribution >= 0.6 is 23.4 Å². The molecule has 1 aromatic carbocycles. The normalized spacial score (nSPS) is 10.7. The summed E-state index contributed by atoms with van der Waals surface area (Å²) >= 11 is 6.79. The molecule has 0 aliphatic carbocycles. The van der Waals surface area contributed by atoms with Gasteiger partial charge < -0.3 is 5.73 Å². The first kappa shape index (κ1) is 14.2. The Hall–Kier alpha value is -1.17. The highest BCUT2D eigenvalue weighted by Gasteiger charge is 2.14. The van der Waals surface area contributed by atoms with E-state index in [0.717, 1.165) is 11.8 Å². The van der Waals surface area contributed by atoms with E-state index >= 15 is 0 Å². The molecule has 2 aromatic rings. The van der Waals surface area contributed by atoms with Crippen LogP contribution in [0.2, 0.25) is 5.02 Å². The number of aromatic nitrogens is 1. The van der Waals surface area contributed by atoms with E-state index in [9.17, 15) is 8.78 Å². The molecule has 1 heterocycles. The Bertz CT molecular complexity index is 570. The summed E-state index contributed by atoms with van der Waals surface area (Å²) in [5.74, 6) is -1.26. The molecule has 0 fully saturated rings. The van der Waals surface area contributed by atoms with E-state index in [1.807, 2.05) is 0 Å². The summed E-state index contributed by atoms with van der Waals surface area (Å²) in [5.41, 5.74) is 5.90. The topological polar surface area (TPSA) is 38.9 Å². The Morgan fingerprint density at radius 3 is 2.53 bits per heavy atom. The number of hydrogen-bond donors (Lipinski definition) is 1. The second kappa shape index (κ2) is 6.32. The van der Waals surface area contributed by atoms with Gasteiger partial charge >= 0.3 is 0 Å². The Morgan fingerprint density at radius 1 is 1.26 bits per heavy atom. The lowest BCUT2D eigenvalue weighted by Gasteiger charge is -2.07. The predicted octanol–water partition coefficient (Wildman–Crippen LogP) is 3.67. The Kier molecular flexibility index (Phi) is 4.74. The molecule has 0 saturated heterocycles. The molecule has 2 nitrogen and oxygen atoms in total. The summed E-state index contributed by atoms with van der Waals surface area (Å²) in [4.78, 5) is 3.88. The van der Waals surface area contributed by atoms with Gasteiger partial charge in [0.05, 0.1) is 9.92 Å². The van der Waals surface area contributed by atoms with Crippen molar-refractivity contribution in [2.45, 2.75) is 16.3 Å². The largest absolute Gasteiger partial charge is 0.330 e. The van der Waals surface area contributed by atoms with Crippen LogP contribution in [0.4, 0.5) is 8.78 Å². The molecule has 0 amide bonds. The highest BCUT2D eigenvalue weighted by Crippen LogP contribution is 2.35. The zero-order valence-electron chi connectivity index (χ0n) is 9.87. The Morgan fingerprint density at radius 2 is 1.95 bits per heavy atom. The molecular weight excluding hydrogens is 290 g/mol. The average molecular weight is 301 g/mol. The van der Waals surface area contributed by atoms with E-state index in [2.05, 4.69) is 4.98 Å². The van der Waals surface area contributed by atoms with Crippen molar-refractivity contribution >= 4 is 23.4 Å². The Balaban J connectivity index is 2.33. The first-order chi connectivity index (χ1) is 9.11. The average Bonchev–Trinajstić information content (AvgIpc) is 2.36. The van der Waals surface area contributed by atoms with Gasteiger partial charge in [0.15, 0.2) is 0 Å². The van der Waals surface area contributed by atoms with Gasteiger partial charge in [0.25, 0.3) is 0 Å². The summed E-state index contributed by atoms with van der Waals surface area (Å²) in [6, 6.07) is 5.85. The lowest BCUT2D eigenvalue weighted by Crippen LogP contribution is -2.04. The van der Waals surface area contributed by atoms with Gasteiger partial charge in [-0.15, -0.1) is 0 Å². The molecule has 2 N–H and O–H groups in total. The van der Waals surface area contributed by atoms with E-state index in [4.69, 9.17) is 17.3 Å². The number of pyridine rings is 1. The number of halogens is 3. The standard InChI is InChI=1S/C13H11ClF2N2S/c14-9-2-1-5-18-13(9)19-12-10(15)6-8(3-4-17)7-11(12)16/h1-2,5-7H,3-4,17H2. The summed E-state index contributed by atoms with van der Waals surface area (Å²) in [6.45, 7) is 0.345. The number of hydrogen-bond acceptors (Lipinski definition) is 3. The summed E-state index contributed by atoms with van der Waals surface area (Å²) in [5, 5.41) is 0.728. The molecule has 0 radical (unpaired) electrons. The molecule has 100 valence electrons. The minimum atomic E-state index is -0.629. The van der Waals surface area contributed by atoms with Crippen LogP contribution in [0.1, 0.15) is 5.56 Å². The van der Waals surface area contributed by atoms with Crippen molar-refractivity contribution in [3.05, 3.63) is 52.7 Å². The van der Waals surface area contributed by atoms with Gasteiger partial charge in [0.1, 0.15) is 16.7 Å². The smallest absolute Gasteiger partial charge is 0.140 e. The number of nitrogens with zero attached hydrogens (tertiary/aromatic N) is 1. The van der Waals surface area contributed by atoms with Crippen LogP contribution in [0.3, 0.4) is 0 Å². The molecule has 0 saturated carbocycles. The minimum Gasteiger partial charge on any atom is -0.330 e. The Labute approximate surface area is 119 Å². The van der Waals surface area contributed by atoms with Crippen LogP contribution in [-0.4, -0.2) is 11.5 Å². The second-order valence-corrected chi connectivity index (χ2v) is 5.23. The molecular formula is C13H11ClF2N2S. The first-order valence-electron chi connectivity index (χ1n) is 5.58. The predicted molar refractivity (Wildman–Crippen MR) is 72.5 cm³/mol. The third kappa shape index (κ3) is 3.43. The van der Waals surface area contributed by atoms with Gasteiger partial charge in [0, 0.05) is 6.20 Å². The fourth-order valence-electron chi connectivity index (χ4n) is 1.56. The minimum absolute atomic E-state index is 0.110. The molecule has 0 bridgehead atoms. The zero-order valence-corrected chi connectivity index (χ0v) is 11.4. The van der Waals surface area contributed by atoms with Gasteiger partial charge in [-0.25, -0.2) is 13.8 Å². The zero-order chi connectivity index (χ0) is 13.8. The maximum atomic E-state index is 13.9. The molecule has 0 aliphatic heterocycles. The molecule has 2 rings (SSSR count). The monoisotopic (exact) mass is 300 g/mol. The van der Waals surface area contributed by atoms with Crippen LogP contribution in [0.25, 0.3) is 0 Å². The van der Waals surface area contributed by atoms with Crippen LogP contribution in [0.15, 0.2) is 40.4 Å². The van der Waals surface area contributed by atoms with E-state index in [1.165, 1.54) is 18.3 Å². The van der Waals surface area contributed by atoms with E-state index in [0.29, 0.717) is 28.6 Å². The van der Waals surface area contributed by atoms with Crippen molar-refractivity contribution in [2.75, 3.05) is 6.54 Å². The molecule has 1 aromatic heterocycles. The van der Waals surface area contributed by atoms with Crippen LogP contribution in [0, 0.1) is 11.6 Å².